The van der Waals surface area contributed by atoms with Crippen LogP contribution in [0, 0.1) is 12.7 Å². The minimum Gasteiger partial charge on any atom is -0.385 e. The molecule has 16 heavy (non-hydrogen) atoms. The Morgan fingerprint density at radius 3 is 2.56 bits per heavy atom. The Morgan fingerprint density at radius 2 is 2.06 bits per heavy atom. The lowest BCUT2D eigenvalue weighted by Crippen LogP contribution is -2.32. The first-order chi connectivity index (χ1) is 7.38. The van der Waals surface area contributed by atoms with Gasteiger partial charge in [-0.25, -0.2) is 4.39 Å². The van der Waals surface area contributed by atoms with Crippen molar-refractivity contribution < 1.29 is 14.2 Å². The van der Waals surface area contributed by atoms with Crippen molar-refractivity contribution in [3.63, 3.8) is 0 Å². The molecule has 2 nitrogen and oxygen atoms in total. The molecular formula is C13H19FO2. The normalized spacial score (nSPS) is 13.9. The lowest BCUT2D eigenvalue weighted by Gasteiger charge is -2.30. The van der Waals surface area contributed by atoms with E-state index in [2.05, 4.69) is 0 Å². The van der Waals surface area contributed by atoms with E-state index in [1.807, 2.05) is 6.92 Å². The summed E-state index contributed by atoms with van der Waals surface area (Å²) in [5, 5.41) is 10.1. The molecule has 0 bridgehead atoms. The Morgan fingerprint density at radius 1 is 1.44 bits per heavy atom. The van der Waals surface area contributed by atoms with Crippen LogP contribution < -0.4 is 0 Å². The second kappa shape index (κ2) is 4.93. The van der Waals surface area contributed by atoms with E-state index in [9.17, 15) is 9.50 Å². The standard InChI is InChI=1S/C13H19FO2/c1-5-16-13(3,4)12(15)10-7-6-9(2)11(14)8-10/h6-8,12,15H,5H2,1-4H3. The predicted molar refractivity (Wildman–Crippen MR) is 61.8 cm³/mol. The maximum atomic E-state index is 13.4. The summed E-state index contributed by atoms with van der Waals surface area (Å²) in [6.45, 7) is 7.65. The number of hydrogen-bond donors (Lipinski definition) is 1. The van der Waals surface area contributed by atoms with Crippen LogP contribution in [0.3, 0.4) is 0 Å². The Bertz CT molecular complexity index is 361. The van der Waals surface area contributed by atoms with E-state index in [-0.39, 0.29) is 5.82 Å². The quantitative estimate of drug-likeness (QED) is 0.855. The van der Waals surface area contributed by atoms with Crippen molar-refractivity contribution in [1.29, 1.82) is 0 Å². The first kappa shape index (κ1) is 13.1. The molecule has 0 radical (unpaired) electrons. The molecule has 0 amide bonds. The zero-order valence-electron chi connectivity index (χ0n) is 10.2. The number of ether oxygens (including phenoxy) is 1. The Hall–Kier alpha value is -0.930. The monoisotopic (exact) mass is 226 g/mol. The van der Waals surface area contributed by atoms with Crippen LogP contribution in [0.25, 0.3) is 0 Å². The third-order valence-corrected chi connectivity index (χ3v) is 2.69. The van der Waals surface area contributed by atoms with Gasteiger partial charge in [0, 0.05) is 6.61 Å². The summed E-state index contributed by atoms with van der Waals surface area (Å²) < 4.78 is 18.8. The van der Waals surface area contributed by atoms with Gasteiger partial charge in [0.15, 0.2) is 0 Å². The molecule has 90 valence electrons. The molecule has 0 saturated heterocycles. The molecule has 0 spiro atoms. The SMILES string of the molecule is CCOC(C)(C)C(O)c1ccc(C)c(F)c1. The number of aliphatic hydroxyl groups is 1. The fraction of sp³-hybridized carbons (Fsp3) is 0.538. The van der Waals surface area contributed by atoms with Crippen molar-refractivity contribution in [1.82, 2.24) is 0 Å². The van der Waals surface area contributed by atoms with Crippen molar-refractivity contribution in [2.75, 3.05) is 6.61 Å². The maximum absolute atomic E-state index is 13.4. The highest BCUT2D eigenvalue weighted by Crippen LogP contribution is 2.29. The minimum absolute atomic E-state index is 0.302. The van der Waals surface area contributed by atoms with Gasteiger partial charge in [0.2, 0.25) is 0 Å². The van der Waals surface area contributed by atoms with E-state index in [1.54, 1.807) is 32.9 Å². The first-order valence-electron chi connectivity index (χ1n) is 5.46. The van der Waals surface area contributed by atoms with Gasteiger partial charge in [-0.1, -0.05) is 12.1 Å². The second-order valence-electron chi connectivity index (χ2n) is 4.45. The van der Waals surface area contributed by atoms with E-state index < -0.39 is 11.7 Å². The van der Waals surface area contributed by atoms with Crippen LogP contribution in [0.1, 0.15) is 38.0 Å². The summed E-state index contributed by atoms with van der Waals surface area (Å²) in [6, 6.07) is 4.75. The average Bonchev–Trinajstić information content (AvgIpc) is 2.21. The molecule has 0 aliphatic heterocycles. The van der Waals surface area contributed by atoms with Gasteiger partial charge < -0.3 is 9.84 Å². The molecule has 1 N–H and O–H groups in total. The van der Waals surface area contributed by atoms with E-state index in [0.29, 0.717) is 17.7 Å². The number of aryl methyl sites for hydroxylation is 1. The lowest BCUT2D eigenvalue weighted by atomic mass is 9.94. The Balaban J connectivity index is 2.95. The van der Waals surface area contributed by atoms with Gasteiger partial charge in [-0.3, -0.25) is 0 Å². The zero-order chi connectivity index (χ0) is 12.3. The molecule has 0 heterocycles. The van der Waals surface area contributed by atoms with Crippen LogP contribution in [0.4, 0.5) is 4.39 Å². The van der Waals surface area contributed by atoms with E-state index in [0.717, 1.165) is 0 Å². The molecule has 1 unspecified atom stereocenters. The van der Waals surface area contributed by atoms with Gasteiger partial charge in [0.1, 0.15) is 11.9 Å². The summed E-state index contributed by atoms with van der Waals surface area (Å²) in [5.74, 6) is -0.302. The molecule has 0 aromatic heterocycles. The fourth-order valence-electron chi connectivity index (χ4n) is 1.63. The van der Waals surface area contributed by atoms with Crippen LogP contribution >= 0.6 is 0 Å². The summed E-state index contributed by atoms with van der Waals surface area (Å²) in [6.07, 6.45) is -0.831. The first-order valence-corrected chi connectivity index (χ1v) is 5.46. The van der Waals surface area contributed by atoms with Crippen LogP contribution in [-0.2, 0) is 4.74 Å². The van der Waals surface area contributed by atoms with Crippen molar-refractivity contribution in [2.45, 2.75) is 39.4 Å². The zero-order valence-corrected chi connectivity index (χ0v) is 10.2. The predicted octanol–water partition coefficient (Wildman–Crippen LogP) is 2.98. The Labute approximate surface area is 96.1 Å². The van der Waals surface area contributed by atoms with Crippen molar-refractivity contribution >= 4 is 0 Å². The smallest absolute Gasteiger partial charge is 0.126 e. The molecule has 0 aliphatic rings. The van der Waals surface area contributed by atoms with E-state index >= 15 is 0 Å². The largest absolute Gasteiger partial charge is 0.385 e. The average molecular weight is 226 g/mol. The molecule has 0 fully saturated rings. The molecule has 1 rings (SSSR count). The van der Waals surface area contributed by atoms with Gasteiger partial charge in [0.25, 0.3) is 0 Å². The third-order valence-electron chi connectivity index (χ3n) is 2.69. The van der Waals surface area contributed by atoms with E-state index in [1.165, 1.54) is 6.07 Å². The van der Waals surface area contributed by atoms with Gasteiger partial charge in [-0.2, -0.15) is 0 Å². The van der Waals surface area contributed by atoms with Crippen LogP contribution in [0.5, 0.6) is 0 Å². The highest BCUT2D eigenvalue weighted by Gasteiger charge is 2.29. The minimum atomic E-state index is -0.831. The highest BCUT2D eigenvalue weighted by atomic mass is 19.1. The summed E-state index contributed by atoms with van der Waals surface area (Å²) in [5.41, 5.74) is 0.405. The van der Waals surface area contributed by atoms with Crippen LogP contribution in [0.15, 0.2) is 18.2 Å². The topological polar surface area (TPSA) is 29.5 Å². The molecule has 3 heteroatoms. The van der Waals surface area contributed by atoms with Crippen molar-refractivity contribution in [3.05, 3.63) is 35.1 Å². The fourth-order valence-corrected chi connectivity index (χ4v) is 1.63. The molecule has 0 aliphatic carbocycles. The molecular weight excluding hydrogens is 207 g/mol. The third kappa shape index (κ3) is 2.80. The number of rotatable bonds is 4. The summed E-state index contributed by atoms with van der Waals surface area (Å²) >= 11 is 0. The molecule has 1 aromatic rings. The summed E-state index contributed by atoms with van der Waals surface area (Å²) in [4.78, 5) is 0. The van der Waals surface area contributed by atoms with Gasteiger partial charge in [-0.05, 0) is 44.9 Å². The highest BCUT2D eigenvalue weighted by molar-refractivity contribution is 5.26. The van der Waals surface area contributed by atoms with E-state index in [4.69, 9.17) is 4.74 Å². The van der Waals surface area contributed by atoms with Gasteiger partial charge in [0.05, 0.1) is 5.60 Å². The summed E-state index contributed by atoms with van der Waals surface area (Å²) in [7, 11) is 0. The molecule has 0 saturated carbocycles. The Kier molecular flexibility index (Phi) is 4.05. The van der Waals surface area contributed by atoms with Gasteiger partial charge in [-0.15, -0.1) is 0 Å². The molecule has 1 atom stereocenters. The number of aliphatic hydroxyl groups excluding tert-OH is 1. The van der Waals surface area contributed by atoms with Gasteiger partial charge >= 0.3 is 0 Å². The van der Waals surface area contributed by atoms with Crippen molar-refractivity contribution in [3.8, 4) is 0 Å². The number of benzene rings is 1. The van der Waals surface area contributed by atoms with Crippen molar-refractivity contribution in [2.24, 2.45) is 0 Å². The second-order valence-corrected chi connectivity index (χ2v) is 4.45. The van der Waals surface area contributed by atoms with Crippen LogP contribution in [-0.4, -0.2) is 17.3 Å². The maximum Gasteiger partial charge on any atom is 0.126 e. The lowest BCUT2D eigenvalue weighted by molar-refractivity contribution is -0.0984. The molecule has 1 aromatic carbocycles. The number of halogens is 1. The number of hydrogen-bond acceptors (Lipinski definition) is 2. The van der Waals surface area contributed by atoms with Crippen LogP contribution in [0.2, 0.25) is 0 Å².